The lowest BCUT2D eigenvalue weighted by Gasteiger charge is -2.29. The largest absolute Gasteiger partial charge is 0.308 e. The van der Waals surface area contributed by atoms with Crippen LogP contribution in [-0.4, -0.2) is 8.97 Å². The van der Waals surface area contributed by atoms with Gasteiger partial charge in [-0.25, -0.2) is 0 Å². The SMILES string of the molecule is C=CC.CC.CCCc1ccc(-c2ccc(N(c3ccccc3-n3c4c(c5ccccc53)CCC=C4)c3cccc4c3c3cccc5c6ccccc6n4c53)cc2)cc1-c1ccccc1C. The molecule has 66 heavy (non-hydrogen) atoms. The molecule has 0 fully saturated rings. The topological polar surface area (TPSA) is 12.6 Å². The Kier molecular flexibility index (Phi) is 11.6. The molecule has 0 atom stereocenters. The number of fused-ring (bicyclic) bond motifs is 9. The van der Waals surface area contributed by atoms with Crippen LogP contribution in [0.15, 0.2) is 195 Å². The number of allylic oxidation sites excluding steroid dienone is 2. The molecule has 0 saturated heterocycles. The highest BCUT2D eigenvalue weighted by Crippen LogP contribution is 2.48. The van der Waals surface area contributed by atoms with Gasteiger partial charge in [0.05, 0.1) is 39.1 Å². The third-order valence-electron chi connectivity index (χ3n) is 13.2. The molecule has 11 aromatic rings. The number of aryl methyl sites for hydroxylation is 3. The maximum atomic E-state index is 3.36. The second kappa shape index (κ2) is 18.1. The zero-order valence-corrected chi connectivity index (χ0v) is 38.9. The number of nitrogens with zero attached hydrogens (tertiary/aromatic N) is 3. The van der Waals surface area contributed by atoms with Crippen LogP contribution in [0.3, 0.4) is 0 Å². The second-order valence-electron chi connectivity index (χ2n) is 17.1. The van der Waals surface area contributed by atoms with Gasteiger partial charge in [-0.1, -0.05) is 161 Å². The Bertz CT molecular complexity index is 3560. The van der Waals surface area contributed by atoms with Gasteiger partial charge in [-0.15, -0.1) is 6.58 Å². The summed E-state index contributed by atoms with van der Waals surface area (Å²) in [5, 5.41) is 6.43. The van der Waals surface area contributed by atoms with Crippen molar-refractivity contribution < 1.29 is 0 Å². The Morgan fingerprint density at radius 1 is 0.606 bits per heavy atom. The molecule has 3 heteroatoms. The number of hydrogen-bond acceptors (Lipinski definition) is 1. The minimum absolute atomic E-state index is 1.04. The van der Waals surface area contributed by atoms with Gasteiger partial charge >= 0.3 is 0 Å². The summed E-state index contributed by atoms with van der Waals surface area (Å²) in [7, 11) is 0. The fraction of sp³-hybridized carbons (Fsp3) is 0.143. The van der Waals surface area contributed by atoms with E-state index in [1.54, 1.807) is 6.08 Å². The van der Waals surface area contributed by atoms with Gasteiger partial charge in [0, 0.05) is 38.3 Å². The zero-order chi connectivity index (χ0) is 45.3. The molecule has 1 aliphatic rings. The number of anilines is 3. The first-order valence-electron chi connectivity index (χ1n) is 23.8. The van der Waals surface area contributed by atoms with E-state index in [9.17, 15) is 0 Å². The maximum absolute atomic E-state index is 3.36. The van der Waals surface area contributed by atoms with Gasteiger partial charge in [-0.05, 0) is 133 Å². The number of rotatable bonds is 8. The zero-order valence-electron chi connectivity index (χ0n) is 38.9. The first kappa shape index (κ1) is 42.3. The number of aromatic nitrogens is 2. The monoisotopic (exact) mass is 855 g/mol. The minimum Gasteiger partial charge on any atom is -0.308 e. The molecular formula is C63H57N3. The summed E-state index contributed by atoms with van der Waals surface area (Å²) in [6.45, 7) is 13.7. The highest BCUT2D eigenvalue weighted by molar-refractivity contribution is 6.26. The van der Waals surface area contributed by atoms with Crippen molar-refractivity contribution in [2.75, 3.05) is 4.90 Å². The molecule has 0 unspecified atom stereocenters. The van der Waals surface area contributed by atoms with E-state index in [-0.39, 0.29) is 0 Å². The van der Waals surface area contributed by atoms with Crippen LogP contribution in [-0.2, 0) is 12.8 Å². The highest BCUT2D eigenvalue weighted by atomic mass is 15.2. The maximum Gasteiger partial charge on any atom is 0.0702 e. The van der Waals surface area contributed by atoms with Crippen molar-refractivity contribution in [2.45, 2.75) is 60.3 Å². The minimum atomic E-state index is 1.04. The molecule has 12 rings (SSSR count). The molecule has 8 aromatic carbocycles. The smallest absolute Gasteiger partial charge is 0.0702 e. The highest BCUT2D eigenvalue weighted by Gasteiger charge is 2.26. The third kappa shape index (κ3) is 6.98. The Morgan fingerprint density at radius 3 is 2.05 bits per heavy atom. The van der Waals surface area contributed by atoms with Gasteiger partial charge in [0.25, 0.3) is 0 Å². The van der Waals surface area contributed by atoms with E-state index in [4.69, 9.17) is 0 Å². The van der Waals surface area contributed by atoms with E-state index in [1.807, 2.05) is 20.8 Å². The number of benzene rings is 8. The molecular weight excluding hydrogens is 799 g/mol. The molecule has 0 N–H and O–H groups in total. The quantitative estimate of drug-likeness (QED) is 0.139. The molecule has 0 saturated carbocycles. The van der Waals surface area contributed by atoms with E-state index in [0.717, 1.165) is 48.4 Å². The molecule has 3 aromatic heterocycles. The van der Waals surface area contributed by atoms with Crippen LogP contribution >= 0.6 is 0 Å². The number of para-hydroxylation sites is 5. The van der Waals surface area contributed by atoms with Gasteiger partial charge in [-0.3, -0.25) is 0 Å². The molecule has 0 bridgehead atoms. The molecule has 0 spiro atoms. The summed E-state index contributed by atoms with van der Waals surface area (Å²) >= 11 is 0. The fourth-order valence-corrected chi connectivity index (χ4v) is 10.5. The van der Waals surface area contributed by atoms with Crippen molar-refractivity contribution in [1.82, 2.24) is 8.97 Å². The number of hydrogen-bond donors (Lipinski definition) is 0. The summed E-state index contributed by atoms with van der Waals surface area (Å²) in [4.78, 5) is 2.52. The van der Waals surface area contributed by atoms with E-state index < -0.39 is 0 Å². The predicted octanol–water partition coefficient (Wildman–Crippen LogP) is 18.0. The van der Waals surface area contributed by atoms with E-state index in [0.29, 0.717) is 0 Å². The van der Waals surface area contributed by atoms with Crippen LogP contribution in [0, 0.1) is 6.92 Å². The third-order valence-corrected chi connectivity index (χ3v) is 13.2. The molecule has 1 aliphatic carbocycles. The molecule has 3 heterocycles. The first-order chi connectivity index (χ1) is 32.6. The fourth-order valence-electron chi connectivity index (χ4n) is 10.5. The lowest BCUT2D eigenvalue weighted by molar-refractivity contribution is 0.923. The van der Waals surface area contributed by atoms with Crippen molar-refractivity contribution in [2.24, 2.45) is 0 Å². The molecule has 3 nitrogen and oxygen atoms in total. The first-order valence-corrected chi connectivity index (χ1v) is 23.8. The Hall–Kier alpha value is -7.62. The van der Waals surface area contributed by atoms with Gasteiger partial charge in [0.2, 0.25) is 0 Å². The molecule has 0 radical (unpaired) electrons. The van der Waals surface area contributed by atoms with Crippen molar-refractivity contribution in [3.05, 3.63) is 217 Å². The second-order valence-corrected chi connectivity index (χ2v) is 17.1. The van der Waals surface area contributed by atoms with Crippen LogP contribution in [0.25, 0.3) is 83.0 Å². The van der Waals surface area contributed by atoms with E-state index >= 15 is 0 Å². The standard InChI is InChI=1S/C58H45N3.C3H6.C2H6/c1-3-16-40-31-32-41(37-49(40)43-18-5-4-17-38(43)2)39-33-35-42(36-34-39)59(53-27-12-13-28-54(53)60-50-24-9-6-19-44(50)45-20-7-10-25-51(45)60)55-29-15-30-56-57(55)48-23-14-22-47-46-21-8-11-26-52(46)61(56)58(47)48;1-3-2;1-2/h4-6,8-15,17-19,21-37H,3,7,16,20H2,1-2H3;3H,1H2,2H3;1-2H3. The van der Waals surface area contributed by atoms with Crippen LogP contribution in [0.5, 0.6) is 0 Å². The van der Waals surface area contributed by atoms with Gasteiger partial charge in [0.1, 0.15) is 0 Å². The normalized spacial score (nSPS) is 12.0. The Balaban J connectivity index is 0.000000985. The molecule has 324 valence electrons. The summed E-state index contributed by atoms with van der Waals surface area (Å²) in [5.41, 5.74) is 20.0. The predicted molar refractivity (Wildman–Crippen MR) is 287 cm³/mol. The van der Waals surface area contributed by atoms with Gasteiger partial charge in [0.15, 0.2) is 0 Å². The van der Waals surface area contributed by atoms with Crippen LogP contribution in [0.2, 0.25) is 0 Å². The summed E-state index contributed by atoms with van der Waals surface area (Å²) in [6, 6.07) is 65.6. The Morgan fingerprint density at radius 2 is 1.24 bits per heavy atom. The van der Waals surface area contributed by atoms with Crippen molar-refractivity contribution in [3.8, 4) is 27.9 Å². The molecule has 0 amide bonds. The lowest BCUT2D eigenvalue weighted by Crippen LogP contribution is -2.14. The Labute approximate surface area is 389 Å². The average Bonchev–Trinajstić information content (AvgIpc) is 4.02. The average molecular weight is 856 g/mol. The van der Waals surface area contributed by atoms with Gasteiger partial charge < -0.3 is 13.9 Å². The van der Waals surface area contributed by atoms with Crippen LogP contribution in [0.4, 0.5) is 17.1 Å². The van der Waals surface area contributed by atoms with Crippen LogP contribution in [0.1, 0.15) is 62.9 Å². The molecule has 0 aliphatic heterocycles. The van der Waals surface area contributed by atoms with E-state index in [1.165, 1.54) is 93.6 Å². The summed E-state index contributed by atoms with van der Waals surface area (Å²) in [5.74, 6) is 0. The lowest BCUT2D eigenvalue weighted by atomic mass is 9.90. The van der Waals surface area contributed by atoms with Crippen molar-refractivity contribution >= 4 is 72.1 Å². The summed E-state index contributed by atoms with van der Waals surface area (Å²) < 4.78 is 4.99. The van der Waals surface area contributed by atoms with Crippen LogP contribution < -0.4 is 4.90 Å². The van der Waals surface area contributed by atoms with Gasteiger partial charge in [-0.2, -0.15) is 0 Å². The van der Waals surface area contributed by atoms with Crippen molar-refractivity contribution in [3.63, 3.8) is 0 Å². The van der Waals surface area contributed by atoms with E-state index in [2.05, 4.69) is 222 Å². The van der Waals surface area contributed by atoms with Crippen molar-refractivity contribution in [1.29, 1.82) is 0 Å². The summed E-state index contributed by atoms with van der Waals surface area (Å²) in [6.07, 6.45) is 10.7.